The lowest BCUT2D eigenvalue weighted by atomic mass is 9.95. The van der Waals surface area contributed by atoms with Crippen molar-refractivity contribution in [3.05, 3.63) is 47.5 Å². The van der Waals surface area contributed by atoms with Gasteiger partial charge in [-0.05, 0) is 24.3 Å². The summed E-state index contributed by atoms with van der Waals surface area (Å²) in [6, 6.07) is 11.7. The molecule has 1 unspecified atom stereocenters. The van der Waals surface area contributed by atoms with Crippen molar-refractivity contribution in [1.82, 2.24) is 9.55 Å². The molecule has 0 aliphatic carbocycles. The first-order valence-electron chi connectivity index (χ1n) is 8.22. The molecule has 0 spiro atoms. The number of rotatable bonds is 3. The summed E-state index contributed by atoms with van der Waals surface area (Å²) in [5.41, 5.74) is 3.75. The first-order valence-corrected chi connectivity index (χ1v) is 8.22. The van der Waals surface area contributed by atoms with Crippen LogP contribution in [0, 0.1) is 0 Å². The van der Waals surface area contributed by atoms with Crippen LogP contribution >= 0.6 is 0 Å². The lowest BCUT2D eigenvalue weighted by Crippen LogP contribution is -2.35. The summed E-state index contributed by atoms with van der Waals surface area (Å²) in [5.74, 6) is 2.27. The molecule has 2 heterocycles. The molecule has 0 saturated carbocycles. The van der Waals surface area contributed by atoms with Gasteiger partial charge in [0.15, 0.2) is 0 Å². The molecule has 0 bridgehead atoms. The summed E-state index contributed by atoms with van der Waals surface area (Å²) in [6.07, 6.45) is -0.673. The van der Waals surface area contributed by atoms with E-state index < -0.39 is 6.10 Å². The number of para-hydroxylation sites is 2. The number of ether oxygens (including phenoxy) is 2. The number of nitrogens with zero attached hydrogens (tertiary/aromatic N) is 3. The van der Waals surface area contributed by atoms with E-state index in [1.807, 2.05) is 43.4 Å². The van der Waals surface area contributed by atoms with E-state index in [1.54, 1.807) is 14.2 Å². The van der Waals surface area contributed by atoms with Gasteiger partial charge in [0.1, 0.15) is 17.6 Å². The molecular weight excluding hydrogens is 318 g/mol. The van der Waals surface area contributed by atoms with Gasteiger partial charge in [-0.3, -0.25) is 0 Å². The number of aliphatic hydroxyl groups is 1. The number of aliphatic hydroxyl groups excluding tert-OH is 1. The fourth-order valence-corrected chi connectivity index (χ4v) is 3.64. The van der Waals surface area contributed by atoms with Crippen molar-refractivity contribution in [3.8, 4) is 11.5 Å². The molecule has 0 fully saturated rings. The van der Waals surface area contributed by atoms with Crippen LogP contribution in [-0.2, 0) is 13.6 Å². The Hall–Kier alpha value is -2.73. The van der Waals surface area contributed by atoms with Crippen molar-refractivity contribution < 1.29 is 14.6 Å². The van der Waals surface area contributed by atoms with Crippen LogP contribution in [0.3, 0.4) is 0 Å². The van der Waals surface area contributed by atoms with Crippen LogP contribution in [0.2, 0.25) is 0 Å². The van der Waals surface area contributed by atoms with Crippen molar-refractivity contribution in [2.75, 3.05) is 25.7 Å². The van der Waals surface area contributed by atoms with E-state index in [2.05, 4.69) is 9.47 Å². The van der Waals surface area contributed by atoms with Crippen LogP contribution in [0.15, 0.2) is 36.4 Å². The average molecular weight is 339 g/mol. The molecular formula is C19H21N3O3. The molecule has 6 heteroatoms. The van der Waals surface area contributed by atoms with Gasteiger partial charge in [0, 0.05) is 18.2 Å². The second kappa shape index (κ2) is 5.97. The number of anilines is 1. The highest BCUT2D eigenvalue weighted by Crippen LogP contribution is 2.40. The Labute approximate surface area is 146 Å². The van der Waals surface area contributed by atoms with Gasteiger partial charge in [-0.1, -0.05) is 12.1 Å². The van der Waals surface area contributed by atoms with E-state index in [1.165, 1.54) is 0 Å². The largest absolute Gasteiger partial charge is 0.496 e. The van der Waals surface area contributed by atoms with E-state index in [4.69, 9.17) is 14.5 Å². The van der Waals surface area contributed by atoms with Crippen LogP contribution in [0.4, 0.5) is 5.95 Å². The quantitative estimate of drug-likeness (QED) is 0.795. The van der Waals surface area contributed by atoms with Crippen molar-refractivity contribution in [2.24, 2.45) is 7.05 Å². The number of β-amino-alcohol motifs (C(OH)–C–C–N with tert-alkyl or cyclic N) is 1. The normalized spacial score (nSPS) is 16.8. The molecule has 2 aromatic carbocycles. The highest BCUT2D eigenvalue weighted by molar-refractivity contribution is 5.78. The second-order valence-electron chi connectivity index (χ2n) is 6.22. The Balaban J connectivity index is 1.81. The van der Waals surface area contributed by atoms with E-state index in [-0.39, 0.29) is 0 Å². The molecule has 25 heavy (non-hydrogen) atoms. The van der Waals surface area contributed by atoms with E-state index in [0.717, 1.165) is 33.9 Å². The smallest absolute Gasteiger partial charge is 0.206 e. The minimum atomic E-state index is -0.673. The molecule has 1 atom stereocenters. The third kappa shape index (κ3) is 2.41. The molecule has 130 valence electrons. The molecule has 3 aromatic rings. The fraction of sp³-hybridized carbons (Fsp3) is 0.316. The number of aromatic nitrogens is 2. The maximum Gasteiger partial charge on any atom is 0.206 e. The van der Waals surface area contributed by atoms with Crippen LogP contribution in [0.5, 0.6) is 11.5 Å². The first kappa shape index (κ1) is 15.8. The Morgan fingerprint density at radius 3 is 2.52 bits per heavy atom. The van der Waals surface area contributed by atoms with Gasteiger partial charge in [-0.15, -0.1) is 0 Å². The van der Waals surface area contributed by atoms with Crippen molar-refractivity contribution in [2.45, 2.75) is 12.6 Å². The molecule has 6 nitrogen and oxygen atoms in total. The Morgan fingerprint density at radius 2 is 1.80 bits per heavy atom. The molecule has 0 saturated heterocycles. The predicted octanol–water partition coefficient (Wildman–Crippen LogP) is 2.64. The maximum atomic E-state index is 10.8. The van der Waals surface area contributed by atoms with Crippen LogP contribution in [-0.4, -0.2) is 35.4 Å². The Kier molecular flexibility index (Phi) is 3.77. The number of imidazole rings is 1. The molecule has 1 aromatic heterocycles. The number of fused-ring (bicyclic) bond motifs is 2. The number of hydrogen-bond donors (Lipinski definition) is 1. The highest BCUT2D eigenvalue weighted by atomic mass is 16.5. The van der Waals surface area contributed by atoms with Gasteiger partial charge in [0.2, 0.25) is 5.95 Å². The van der Waals surface area contributed by atoms with Gasteiger partial charge in [-0.25, -0.2) is 4.98 Å². The summed E-state index contributed by atoms with van der Waals surface area (Å²) >= 11 is 0. The summed E-state index contributed by atoms with van der Waals surface area (Å²) < 4.78 is 13.0. The monoisotopic (exact) mass is 339 g/mol. The number of aryl methyl sites for hydroxylation is 1. The summed E-state index contributed by atoms with van der Waals surface area (Å²) in [4.78, 5) is 6.83. The van der Waals surface area contributed by atoms with Crippen LogP contribution in [0.25, 0.3) is 11.0 Å². The standard InChI is InChI=1S/C19H21N3O3/c1-21-14-7-5-4-6-13(14)20-19(21)22-10-12-16(24-2)8-9-17(25-3)18(12)15(23)11-22/h4-9,15,23H,10-11H2,1-3H3. The van der Waals surface area contributed by atoms with Gasteiger partial charge in [0.05, 0.1) is 38.3 Å². The summed E-state index contributed by atoms with van der Waals surface area (Å²) in [7, 11) is 5.25. The zero-order chi connectivity index (χ0) is 17.6. The molecule has 1 aliphatic rings. The van der Waals surface area contributed by atoms with Gasteiger partial charge in [-0.2, -0.15) is 0 Å². The van der Waals surface area contributed by atoms with E-state index >= 15 is 0 Å². The molecule has 4 rings (SSSR count). The van der Waals surface area contributed by atoms with Crippen molar-refractivity contribution >= 4 is 17.0 Å². The zero-order valence-electron chi connectivity index (χ0n) is 14.6. The molecule has 0 radical (unpaired) electrons. The minimum Gasteiger partial charge on any atom is -0.496 e. The summed E-state index contributed by atoms with van der Waals surface area (Å²) in [5, 5.41) is 10.8. The third-order valence-electron chi connectivity index (χ3n) is 4.84. The SMILES string of the molecule is COc1ccc(OC)c2c1CN(c1nc3ccccc3n1C)CC2O. The number of benzene rings is 2. The average Bonchev–Trinajstić information content (AvgIpc) is 2.97. The maximum absolute atomic E-state index is 10.8. The number of methoxy groups -OCH3 is 2. The third-order valence-corrected chi connectivity index (χ3v) is 4.84. The lowest BCUT2D eigenvalue weighted by Gasteiger charge is -2.34. The van der Waals surface area contributed by atoms with Gasteiger partial charge in [0.25, 0.3) is 0 Å². The van der Waals surface area contributed by atoms with Gasteiger partial charge < -0.3 is 24.0 Å². The molecule has 1 aliphatic heterocycles. The van der Waals surface area contributed by atoms with Crippen LogP contribution in [0.1, 0.15) is 17.2 Å². The highest BCUT2D eigenvalue weighted by Gasteiger charge is 2.31. The van der Waals surface area contributed by atoms with E-state index in [0.29, 0.717) is 18.8 Å². The van der Waals surface area contributed by atoms with Crippen LogP contribution < -0.4 is 14.4 Å². The molecule has 1 N–H and O–H groups in total. The van der Waals surface area contributed by atoms with Crippen molar-refractivity contribution in [3.63, 3.8) is 0 Å². The minimum absolute atomic E-state index is 0.452. The van der Waals surface area contributed by atoms with Crippen molar-refractivity contribution in [1.29, 1.82) is 0 Å². The van der Waals surface area contributed by atoms with Gasteiger partial charge >= 0.3 is 0 Å². The van der Waals surface area contributed by atoms with E-state index in [9.17, 15) is 5.11 Å². The fourth-order valence-electron chi connectivity index (χ4n) is 3.64. The predicted molar refractivity (Wildman–Crippen MR) is 96.3 cm³/mol. The first-order chi connectivity index (χ1) is 12.1. The Bertz CT molecular complexity index is 935. The lowest BCUT2D eigenvalue weighted by molar-refractivity contribution is 0.169. The summed E-state index contributed by atoms with van der Waals surface area (Å²) in [6.45, 7) is 1.05. The number of hydrogen-bond acceptors (Lipinski definition) is 5. The molecule has 0 amide bonds. The topological polar surface area (TPSA) is 59.8 Å². The zero-order valence-corrected chi connectivity index (χ0v) is 14.6. The second-order valence-corrected chi connectivity index (χ2v) is 6.22. The Morgan fingerprint density at radius 1 is 1.08 bits per heavy atom.